The molecule has 21 heteroatoms. The fourth-order valence-corrected chi connectivity index (χ4v) is 7.43. The highest BCUT2D eigenvalue weighted by atomic mass is 35.5. The number of aryl methyl sites for hydroxylation is 2. The number of amides is 3. The van der Waals surface area contributed by atoms with Gasteiger partial charge < -0.3 is 70.2 Å². The van der Waals surface area contributed by atoms with Crippen LogP contribution in [-0.2, 0) is 22.4 Å². The topological polar surface area (TPSA) is 374 Å². The summed E-state index contributed by atoms with van der Waals surface area (Å²) in [4.78, 5) is 49.1. The quantitative estimate of drug-likeness (QED) is 0.0231. The zero-order valence-electron chi connectivity index (χ0n) is 40.7. The first-order chi connectivity index (χ1) is 33.6. The van der Waals surface area contributed by atoms with Crippen LogP contribution < -0.4 is 45.0 Å². The number of aliphatic hydroxyl groups excluding tert-OH is 5. The highest BCUT2D eigenvalue weighted by molar-refractivity contribution is 6.31. The number of hydrogen-bond acceptors (Lipinski definition) is 16. The Morgan fingerprint density at radius 1 is 0.700 bits per heavy atom. The predicted molar refractivity (Wildman–Crippen MR) is 276 cm³/mol. The van der Waals surface area contributed by atoms with Crippen LogP contribution in [0.2, 0.25) is 5.15 Å². The van der Waals surface area contributed by atoms with Crippen LogP contribution >= 0.6 is 11.6 Å². The van der Waals surface area contributed by atoms with Crippen LogP contribution in [0.4, 0.5) is 11.6 Å². The molecule has 2 aromatic carbocycles. The largest absolute Gasteiger partial charge is 0.396 e. The molecule has 0 fully saturated rings. The minimum atomic E-state index is -0.769. The first kappa shape index (κ1) is 61.1. The molecule has 0 spiro atoms. The minimum absolute atomic E-state index is 0.0362. The van der Waals surface area contributed by atoms with E-state index in [4.69, 9.17) is 56.2 Å². The van der Waals surface area contributed by atoms with E-state index in [1.807, 2.05) is 0 Å². The lowest BCUT2D eigenvalue weighted by atomic mass is 9.99. The zero-order valence-corrected chi connectivity index (χ0v) is 41.5. The van der Waals surface area contributed by atoms with Gasteiger partial charge in [-0.2, -0.15) is 0 Å². The average molecular weight is 1000 g/mol. The molecule has 0 aliphatic carbocycles. The zero-order chi connectivity index (χ0) is 51.7. The monoisotopic (exact) mass is 1000 g/mol. The molecule has 0 radical (unpaired) electrons. The second-order valence-electron chi connectivity index (χ2n) is 17.4. The van der Waals surface area contributed by atoms with Crippen LogP contribution in [-0.4, -0.2) is 141 Å². The van der Waals surface area contributed by atoms with Gasteiger partial charge in [0.1, 0.15) is 0 Å². The Morgan fingerprint density at radius 3 is 1.97 bits per heavy atom. The van der Waals surface area contributed by atoms with Gasteiger partial charge in [-0.3, -0.25) is 24.7 Å². The molecule has 19 N–H and O–H groups in total. The Kier molecular flexibility index (Phi) is 31.4. The standard InChI is InChI=1S/C43H66ClN9O7.C6H15N3O/c44-39-41(46)51-40(45)38(50-39)42(60)52-43(47)49-22-4-3-8-30-12-16-32(17-13-30)33-18-14-31(15-19-33)9-6-23-48-37(59)11-2-1-5-24-53(25-20-34(56)10-7-26-54)29-36(58)28-35(57)21-27-55;7-4-2-1-3-5(8)6(9)10/h12-19,34-36,54-58H,1-11,20-29H2,(H,48,59)(H4,45,46,51)(H3,47,49,52,60);5H,1-4,7-8H2,(H2,9,10). The van der Waals surface area contributed by atoms with Crippen LogP contribution in [0.25, 0.3) is 11.1 Å². The van der Waals surface area contributed by atoms with E-state index in [1.165, 1.54) is 11.1 Å². The Bertz CT molecular complexity index is 1970. The Morgan fingerprint density at radius 2 is 1.36 bits per heavy atom. The summed E-state index contributed by atoms with van der Waals surface area (Å²) < 4.78 is 0. The summed E-state index contributed by atoms with van der Waals surface area (Å²) in [6.45, 7) is 3.22. The molecule has 4 unspecified atom stereocenters. The van der Waals surface area contributed by atoms with Gasteiger partial charge in [-0.05, 0) is 119 Å². The number of anilines is 2. The molecule has 392 valence electrons. The van der Waals surface area contributed by atoms with Gasteiger partial charge in [0.05, 0.1) is 24.4 Å². The number of carbonyl (C=O) groups excluding carboxylic acids is 3. The number of halogens is 1. The maximum Gasteiger partial charge on any atom is 0.280 e. The van der Waals surface area contributed by atoms with Crippen molar-refractivity contribution < 1.29 is 39.9 Å². The third-order valence-corrected chi connectivity index (χ3v) is 11.7. The fraction of sp³-hybridized carbons (Fsp3) is 0.592. The lowest BCUT2D eigenvalue weighted by molar-refractivity contribution is -0.121. The molecule has 3 amide bonds. The first-order valence-electron chi connectivity index (χ1n) is 24.4. The summed E-state index contributed by atoms with van der Waals surface area (Å²) in [5.74, 6) is -1.35. The number of aliphatic imine (C=N–C) groups is 1. The molecule has 3 aromatic rings. The van der Waals surface area contributed by atoms with Crippen LogP contribution in [0, 0.1) is 0 Å². The molecule has 20 nitrogen and oxygen atoms in total. The number of hydrogen-bond donors (Lipinski definition) is 13. The van der Waals surface area contributed by atoms with E-state index in [1.54, 1.807) is 0 Å². The number of nitrogens with two attached hydrogens (primary N) is 6. The summed E-state index contributed by atoms with van der Waals surface area (Å²) >= 11 is 5.84. The van der Waals surface area contributed by atoms with E-state index in [2.05, 4.69) is 79.0 Å². The number of rotatable bonds is 34. The van der Waals surface area contributed by atoms with Crippen molar-refractivity contribution in [1.82, 2.24) is 25.5 Å². The van der Waals surface area contributed by atoms with Crippen molar-refractivity contribution in [3.63, 3.8) is 0 Å². The van der Waals surface area contributed by atoms with E-state index in [9.17, 15) is 29.7 Å². The van der Waals surface area contributed by atoms with Crippen molar-refractivity contribution in [2.24, 2.45) is 27.9 Å². The fourth-order valence-electron chi connectivity index (χ4n) is 7.30. The average Bonchev–Trinajstić information content (AvgIpc) is 3.32. The van der Waals surface area contributed by atoms with Crippen LogP contribution in [0.1, 0.15) is 118 Å². The van der Waals surface area contributed by atoms with E-state index in [-0.39, 0.29) is 60.4 Å². The number of unbranched alkanes of at least 4 members (excludes halogenated alkanes) is 4. The van der Waals surface area contributed by atoms with Crippen molar-refractivity contribution in [2.75, 3.05) is 63.9 Å². The van der Waals surface area contributed by atoms with Crippen molar-refractivity contribution in [3.8, 4) is 11.1 Å². The van der Waals surface area contributed by atoms with Crippen molar-refractivity contribution in [1.29, 1.82) is 0 Å². The third kappa shape index (κ3) is 26.8. The first-order valence-corrected chi connectivity index (χ1v) is 24.8. The number of benzene rings is 2. The van der Waals surface area contributed by atoms with E-state index >= 15 is 0 Å². The van der Waals surface area contributed by atoms with Gasteiger partial charge in [-0.15, -0.1) is 0 Å². The van der Waals surface area contributed by atoms with Gasteiger partial charge >= 0.3 is 0 Å². The van der Waals surface area contributed by atoms with Crippen LogP contribution in [0.15, 0.2) is 53.5 Å². The van der Waals surface area contributed by atoms with Gasteiger partial charge in [0.2, 0.25) is 11.8 Å². The van der Waals surface area contributed by atoms with Gasteiger partial charge in [-0.1, -0.05) is 73.0 Å². The molecule has 0 bridgehead atoms. The maximum absolute atomic E-state index is 12.5. The van der Waals surface area contributed by atoms with Gasteiger partial charge in [0.25, 0.3) is 5.91 Å². The molecular formula is C49H81ClN12O8. The van der Waals surface area contributed by atoms with Crippen LogP contribution in [0.5, 0.6) is 0 Å². The molecule has 70 heavy (non-hydrogen) atoms. The third-order valence-electron chi connectivity index (χ3n) is 11.4. The van der Waals surface area contributed by atoms with Crippen molar-refractivity contribution in [3.05, 3.63) is 70.5 Å². The van der Waals surface area contributed by atoms with Crippen LogP contribution in [0.3, 0.4) is 0 Å². The number of carbonyl (C=O) groups is 3. The summed E-state index contributed by atoms with van der Waals surface area (Å²) in [5.41, 5.74) is 37.1. The normalized spacial score (nSPS) is 13.2. The number of aliphatic hydroxyl groups is 5. The highest BCUT2D eigenvalue weighted by Crippen LogP contribution is 2.22. The summed E-state index contributed by atoms with van der Waals surface area (Å²) in [6, 6.07) is 16.5. The number of nitrogens with one attached hydrogen (secondary N) is 2. The van der Waals surface area contributed by atoms with Gasteiger partial charge in [-0.25, -0.2) is 9.97 Å². The molecule has 0 aliphatic rings. The molecule has 1 heterocycles. The number of nitrogen functional groups attached to an aromatic ring is 2. The Balaban J connectivity index is 0.00000150. The number of nitrogens with zero attached hydrogens (tertiary/aromatic N) is 4. The van der Waals surface area contributed by atoms with Crippen molar-refractivity contribution in [2.45, 2.75) is 134 Å². The second-order valence-corrected chi connectivity index (χ2v) is 17.8. The number of primary amides is 1. The second kappa shape index (κ2) is 36.0. The number of aromatic nitrogens is 2. The molecule has 0 saturated carbocycles. The minimum Gasteiger partial charge on any atom is -0.396 e. The molecular weight excluding hydrogens is 920 g/mol. The SMILES string of the molecule is NC(=NCCCCc1ccc(-c2ccc(CCCNC(=O)CCCCCN(CCC(O)CCCO)CC(O)CC(O)CCO)cc2)cc1)NC(=O)c1nc(Cl)c(N)nc1N.NCCCCC(N)C(N)=O. The van der Waals surface area contributed by atoms with Gasteiger partial charge in [0.15, 0.2) is 28.4 Å². The lowest BCUT2D eigenvalue weighted by Crippen LogP contribution is -2.38. The van der Waals surface area contributed by atoms with Gasteiger partial charge in [0, 0.05) is 52.2 Å². The number of guanidine groups is 1. The lowest BCUT2D eigenvalue weighted by Gasteiger charge is -2.27. The maximum atomic E-state index is 12.5. The molecule has 0 saturated heterocycles. The van der Waals surface area contributed by atoms with E-state index in [0.29, 0.717) is 71.4 Å². The predicted octanol–water partition coefficient (Wildman–Crippen LogP) is 1.89. The molecule has 3 rings (SSSR count). The Labute approximate surface area is 418 Å². The summed E-state index contributed by atoms with van der Waals surface area (Å²) in [7, 11) is 0. The highest BCUT2D eigenvalue weighted by Gasteiger charge is 2.18. The smallest absolute Gasteiger partial charge is 0.280 e. The summed E-state index contributed by atoms with van der Waals surface area (Å²) in [5, 5.41) is 54.1. The van der Waals surface area contributed by atoms with E-state index < -0.39 is 36.2 Å². The summed E-state index contributed by atoms with van der Waals surface area (Å²) in [6.07, 6.45) is 9.47. The van der Waals surface area contributed by atoms with E-state index in [0.717, 1.165) is 75.3 Å². The van der Waals surface area contributed by atoms with Crippen molar-refractivity contribution >= 4 is 46.9 Å². The molecule has 1 aromatic heterocycles. The molecule has 0 aliphatic heterocycles. The Hall–Kier alpha value is -5.03. The molecule has 4 atom stereocenters.